The van der Waals surface area contributed by atoms with Crippen LogP contribution in [0.1, 0.15) is 16.4 Å². The van der Waals surface area contributed by atoms with Gasteiger partial charge in [-0.25, -0.2) is 4.98 Å². The van der Waals surface area contributed by atoms with Crippen LogP contribution >= 0.6 is 0 Å². The van der Waals surface area contributed by atoms with Crippen LogP contribution in [0, 0.1) is 0 Å². The monoisotopic (exact) mass is 390 g/mol. The molecule has 1 aliphatic rings. The molecule has 29 heavy (non-hydrogen) atoms. The standard InChI is InChI=1S/C20H14N4O5/c21-19(25)13-6-4-11-2-1-3-15(18(11)22-13)26-9-17-23-20(24-29-17)12-5-7-14-16(8-12)28-10-27-14/h1-8H,9-10H2,(H2,21,25). The van der Waals surface area contributed by atoms with Crippen LogP contribution in [0.25, 0.3) is 22.3 Å². The van der Waals surface area contributed by atoms with E-state index < -0.39 is 5.91 Å². The summed E-state index contributed by atoms with van der Waals surface area (Å²) in [6, 6.07) is 14.2. The van der Waals surface area contributed by atoms with E-state index in [9.17, 15) is 4.79 Å². The van der Waals surface area contributed by atoms with Crippen LogP contribution in [0.15, 0.2) is 53.1 Å². The fourth-order valence-electron chi connectivity index (χ4n) is 2.98. The maximum absolute atomic E-state index is 11.4. The Bertz CT molecular complexity index is 1240. The summed E-state index contributed by atoms with van der Waals surface area (Å²) in [5.41, 5.74) is 6.75. The van der Waals surface area contributed by atoms with Crippen molar-refractivity contribution in [1.82, 2.24) is 15.1 Å². The van der Waals surface area contributed by atoms with Gasteiger partial charge in [-0.05, 0) is 30.3 Å². The number of primary amides is 1. The van der Waals surface area contributed by atoms with Crippen molar-refractivity contribution >= 4 is 16.8 Å². The van der Waals surface area contributed by atoms with Crippen molar-refractivity contribution in [2.45, 2.75) is 6.61 Å². The smallest absolute Gasteiger partial charge is 0.267 e. The van der Waals surface area contributed by atoms with Crippen LogP contribution in [-0.4, -0.2) is 27.8 Å². The van der Waals surface area contributed by atoms with Gasteiger partial charge in [-0.2, -0.15) is 4.98 Å². The van der Waals surface area contributed by atoms with Gasteiger partial charge in [-0.3, -0.25) is 4.79 Å². The second-order valence-electron chi connectivity index (χ2n) is 6.26. The van der Waals surface area contributed by atoms with Crippen molar-refractivity contribution < 1.29 is 23.5 Å². The highest BCUT2D eigenvalue weighted by Crippen LogP contribution is 2.35. The lowest BCUT2D eigenvalue weighted by molar-refractivity contribution is 0.0996. The lowest BCUT2D eigenvalue weighted by atomic mass is 10.2. The first-order chi connectivity index (χ1) is 14.2. The Morgan fingerprint density at radius 3 is 2.86 bits per heavy atom. The molecule has 2 aromatic heterocycles. The molecule has 0 saturated heterocycles. The van der Waals surface area contributed by atoms with E-state index >= 15 is 0 Å². The number of benzene rings is 2. The normalized spacial score (nSPS) is 12.3. The quantitative estimate of drug-likeness (QED) is 0.552. The van der Waals surface area contributed by atoms with Crippen LogP contribution in [-0.2, 0) is 6.61 Å². The molecule has 2 N–H and O–H groups in total. The molecule has 3 heterocycles. The van der Waals surface area contributed by atoms with E-state index in [2.05, 4.69) is 15.1 Å². The number of fused-ring (bicyclic) bond motifs is 2. The summed E-state index contributed by atoms with van der Waals surface area (Å²) in [6.07, 6.45) is 0. The minimum Gasteiger partial charge on any atom is -0.481 e. The van der Waals surface area contributed by atoms with E-state index in [0.717, 1.165) is 10.9 Å². The number of nitrogens with zero attached hydrogens (tertiary/aromatic N) is 3. The third-order valence-electron chi connectivity index (χ3n) is 4.39. The average molecular weight is 390 g/mol. The van der Waals surface area contributed by atoms with E-state index in [1.54, 1.807) is 30.3 Å². The summed E-state index contributed by atoms with van der Waals surface area (Å²) in [6.45, 7) is 0.236. The Morgan fingerprint density at radius 1 is 1.07 bits per heavy atom. The third kappa shape index (κ3) is 3.18. The van der Waals surface area contributed by atoms with Crippen molar-refractivity contribution in [2.75, 3.05) is 6.79 Å². The fraction of sp³-hybridized carbons (Fsp3) is 0.100. The molecule has 9 heteroatoms. The van der Waals surface area contributed by atoms with Gasteiger partial charge >= 0.3 is 0 Å². The molecule has 0 saturated carbocycles. The summed E-state index contributed by atoms with van der Waals surface area (Å²) in [5, 5.41) is 4.80. The predicted octanol–water partition coefficient (Wildman–Crippen LogP) is 2.69. The number of ether oxygens (including phenoxy) is 3. The van der Waals surface area contributed by atoms with Crippen LogP contribution in [0.2, 0.25) is 0 Å². The van der Waals surface area contributed by atoms with Crippen LogP contribution < -0.4 is 19.9 Å². The minimum absolute atomic E-state index is 0.0408. The fourth-order valence-corrected chi connectivity index (χ4v) is 2.98. The molecule has 0 atom stereocenters. The van der Waals surface area contributed by atoms with Gasteiger partial charge in [0.2, 0.25) is 12.6 Å². The van der Waals surface area contributed by atoms with Gasteiger partial charge in [-0.1, -0.05) is 23.4 Å². The summed E-state index contributed by atoms with van der Waals surface area (Å²) < 4.78 is 21.8. The van der Waals surface area contributed by atoms with E-state index in [1.807, 2.05) is 18.2 Å². The van der Waals surface area contributed by atoms with Crippen molar-refractivity contribution in [2.24, 2.45) is 5.73 Å². The van der Waals surface area contributed by atoms with Crippen molar-refractivity contribution in [3.63, 3.8) is 0 Å². The number of pyridine rings is 1. The van der Waals surface area contributed by atoms with Gasteiger partial charge < -0.3 is 24.5 Å². The summed E-state index contributed by atoms with van der Waals surface area (Å²) in [4.78, 5) is 20.0. The van der Waals surface area contributed by atoms with Crippen LogP contribution in [0.4, 0.5) is 0 Å². The number of hydrogen-bond donors (Lipinski definition) is 1. The predicted molar refractivity (Wildman–Crippen MR) is 100 cm³/mol. The highest BCUT2D eigenvalue weighted by atomic mass is 16.7. The molecule has 0 unspecified atom stereocenters. The molecule has 144 valence electrons. The molecule has 5 rings (SSSR count). The Hall–Kier alpha value is -4.14. The Morgan fingerprint density at radius 2 is 1.97 bits per heavy atom. The minimum atomic E-state index is -0.605. The van der Waals surface area contributed by atoms with E-state index in [4.69, 9.17) is 24.5 Å². The summed E-state index contributed by atoms with van der Waals surface area (Å²) >= 11 is 0. The number of aromatic nitrogens is 3. The van der Waals surface area contributed by atoms with Crippen LogP contribution in [0.5, 0.6) is 17.2 Å². The van der Waals surface area contributed by atoms with Gasteiger partial charge in [0.05, 0.1) is 0 Å². The molecule has 0 spiro atoms. The molecular formula is C20H14N4O5. The molecule has 0 bridgehead atoms. The van der Waals surface area contributed by atoms with E-state index in [1.165, 1.54) is 0 Å². The van der Waals surface area contributed by atoms with Gasteiger partial charge in [0, 0.05) is 10.9 Å². The first-order valence-electron chi connectivity index (χ1n) is 8.72. The maximum atomic E-state index is 11.4. The number of carbonyl (C=O) groups excluding carboxylic acids is 1. The highest BCUT2D eigenvalue weighted by molar-refractivity contribution is 5.94. The molecule has 9 nitrogen and oxygen atoms in total. The van der Waals surface area contributed by atoms with Gasteiger partial charge in [0.25, 0.3) is 11.8 Å². The number of rotatable bonds is 5. The molecule has 0 fully saturated rings. The topological polar surface area (TPSA) is 123 Å². The Balaban J connectivity index is 1.37. The SMILES string of the molecule is NC(=O)c1ccc2cccc(OCc3nc(-c4ccc5c(c4)OCO5)no3)c2n1. The van der Waals surface area contributed by atoms with Gasteiger partial charge in [0.1, 0.15) is 17.0 Å². The molecule has 0 radical (unpaired) electrons. The third-order valence-corrected chi connectivity index (χ3v) is 4.39. The zero-order valence-corrected chi connectivity index (χ0v) is 15.0. The molecular weight excluding hydrogens is 376 g/mol. The average Bonchev–Trinajstić information content (AvgIpc) is 3.40. The van der Waals surface area contributed by atoms with Crippen molar-refractivity contribution in [1.29, 1.82) is 0 Å². The zero-order chi connectivity index (χ0) is 19.8. The largest absolute Gasteiger partial charge is 0.481 e. The maximum Gasteiger partial charge on any atom is 0.267 e. The van der Waals surface area contributed by atoms with Crippen molar-refractivity contribution in [3.05, 3.63) is 60.1 Å². The second kappa shape index (κ2) is 6.79. The summed E-state index contributed by atoms with van der Waals surface area (Å²) in [5.74, 6) is 1.90. The second-order valence-corrected chi connectivity index (χ2v) is 6.26. The number of carbonyl (C=O) groups is 1. The first-order valence-corrected chi connectivity index (χ1v) is 8.72. The van der Waals surface area contributed by atoms with Gasteiger partial charge in [0.15, 0.2) is 18.1 Å². The molecule has 0 aliphatic carbocycles. The Kier molecular flexibility index (Phi) is 3.98. The van der Waals surface area contributed by atoms with Crippen LogP contribution in [0.3, 0.4) is 0 Å². The van der Waals surface area contributed by atoms with Crippen molar-refractivity contribution in [3.8, 4) is 28.6 Å². The number of para-hydroxylation sites is 1. The lowest BCUT2D eigenvalue weighted by Gasteiger charge is -2.07. The molecule has 1 aliphatic heterocycles. The molecule has 2 aromatic carbocycles. The Labute approximate surface area is 164 Å². The highest BCUT2D eigenvalue weighted by Gasteiger charge is 2.17. The molecule has 1 amide bonds. The zero-order valence-electron chi connectivity index (χ0n) is 15.0. The summed E-state index contributed by atoms with van der Waals surface area (Å²) in [7, 11) is 0. The number of nitrogens with two attached hydrogens (primary N) is 1. The van der Waals surface area contributed by atoms with E-state index in [-0.39, 0.29) is 19.1 Å². The van der Waals surface area contributed by atoms with Gasteiger partial charge in [-0.15, -0.1) is 0 Å². The number of hydrogen-bond acceptors (Lipinski definition) is 8. The first kappa shape index (κ1) is 17.0. The molecule has 4 aromatic rings. The number of amides is 1. The lowest BCUT2D eigenvalue weighted by Crippen LogP contribution is -2.12. The van der Waals surface area contributed by atoms with E-state index in [0.29, 0.717) is 34.5 Å².